The summed E-state index contributed by atoms with van der Waals surface area (Å²) in [5.74, 6) is 0.313. The summed E-state index contributed by atoms with van der Waals surface area (Å²) in [6.45, 7) is 10.1. The first-order valence-corrected chi connectivity index (χ1v) is 6.17. The molecule has 1 aliphatic rings. The van der Waals surface area contributed by atoms with E-state index in [-0.39, 0.29) is 17.6 Å². The highest BCUT2D eigenvalue weighted by Gasteiger charge is 2.48. The lowest BCUT2D eigenvalue weighted by molar-refractivity contribution is 0.00173. The lowest BCUT2D eigenvalue weighted by Gasteiger charge is -2.51. The second kappa shape index (κ2) is 5.06. The maximum Gasteiger partial charge on any atom is 0.407 e. The van der Waals surface area contributed by atoms with Crippen molar-refractivity contribution in [3.63, 3.8) is 0 Å². The van der Waals surface area contributed by atoms with Crippen LogP contribution in [0.15, 0.2) is 5.11 Å². The maximum absolute atomic E-state index is 11.7. The van der Waals surface area contributed by atoms with Gasteiger partial charge in [-0.15, -0.1) is 0 Å². The van der Waals surface area contributed by atoms with Gasteiger partial charge in [0.05, 0.1) is 0 Å². The summed E-state index contributed by atoms with van der Waals surface area (Å²) in [6, 6.07) is 0.0752. The van der Waals surface area contributed by atoms with E-state index in [0.29, 0.717) is 12.5 Å². The Bertz CT molecular complexity index is 367. The molecule has 0 heterocycles. The average Bonchev–Trinajstić information content (AvgIpc) is 2.19. The van der Waals surface area contributed by atoms with Gasteiger partial charge in [-0.1, -0.05) is 19.0 Å². The highest BCUT2D eigenvalue weighted by atomic mass is 16.6. The Kier molecular flexibility index (Phi) is 4.12. The third-order valence-corrected chi connectivity index (χ3v) is 3.53. The molecule has 1 aliphatic carbocycles. The Hall–Kier alpha value is -1.42. The molecular weight excluding hydrogens is 232 g/mol. The number of hydrogen-bond acceptors (Lipinski definition) is 3. The lowest BCUT2D eigenvalue weighted by atomic mass is 9.58. The SMILES string of the molecule is CC(C)(C)OC(=O)N[C@@H]1C[C@H](CN=[N+]=[N-])C1(C)C. The summed E-state index contributed by atoms with van der Waals surface area (Å²) in [6.07, 6.45) is 0.438. The number of amides is 1. The minimum absolute atomic E-state index is 0.0644. The van der Waals surface area contributed by atoms with E-state index >= 15 is 0 Å². The number of carbonyl (C=O) groups is 1. The molecule has 0 bridgehead atoms. The van der Waals surface area contributed by atoms with Crippen LogP contribution in [0.2, 0.25) is 0 Å². The normalized spacial score (nSPS) is 25.6. The van der Waals surface area contributed by atoms with E-state index in [2.05, 4.69) is 29.2 Å². The fourth-order valence-corrected chi connectivity index (χ4v) is 2.16. The number of carbonyl (C=O) groups excluding carboxylic acids is 1. The van der Waals surface area contributed by atoms with Crippen molar-refractivity contribution in [1.82, 2.24) is 5.32 Å². The van der Waals surface area contributed by atoms with Gasteiger partial charge in [-0.3, -0.25) is 0 Å². The number of hydrogen-bond donors (Lipinski definition) is 1. The van der Waals surface area contributed by atoms with Crippen LogP contribution < -0.4 is 5.32 Å². The van der Waals surface area contributed by atoms with Gasteiger partial charge in [0.15, 0.2) is 0 Å². The van der Waals surface area contributed by atoms with Crippen molar-refractivity contribution in [2.75, 3.05) is 6.54 Å². The van der Waals surface area contributed by atoms with Gasteiger partial charge < -0.3 is 10.1 Å². The van der Waals surface area contributed by atoms with Crippen molar-refractivity contribution in [2.24, 2.45) is 16.4 Å². The summed E-state index contributed by atoms with van der Waals surface area (Å²) in [7, 11) is 0. The van der Waals surface area contributed by atoms with E-state index in [0.717, 1.165) is 6.42 Å². The van der Waals surface area contributed by atoms with Crippen molar-refractivity contribution in [2.45, 2.75) is 52.7 Å². The molecule has 0 aromatic heterocycles. The zero-order valence-electron chi connectivity index (χ0n) is 11.7. The van der Waals surface area contributed by atoms with Crippen LogP contribution in [0.1, 0.15) is 41.0 Å². The molecule has 6 heteroatoms. The molecule has 0 unspecified atom stereocenters. The predicted molar refractivity (Wildman–Crippen MR) is 69.1 cm³/mol. The number of ether oxygens (including phenoxy) is 1. The smallest absolute Gasteiger partial charge is 0.407 e. The minimum atomic E-state index is -0.484. The molecule has 18 heavy (non-hydrogen) atoms. The second-order valence-electron chi connectivity index (χ2n) is 6.37. The van der Waals surface area contributed by atoms with E-state index in [1.807, 2.05) is 20.8 Å². The molecule has 1 saturated carbocycles. The van der Waals surface area contributed by atoms with Crippen molar-refractivity contribution in [3.8, 4) is 0 Å². The largest absolute Gasteiger partial charge is 0.444 e. The fourth-order valence-electron chi connectivity index (χ4n) is 2.16. The summed E-state index contributed by atoms with van der Waals surface area (Å²) < 4.78 is 5.22. The monoisotopic (exact) mass is 254 g/mol. The van der Waals surface area contributed by atoms with Gasteiger partial charge in [0.2, 0.25) is 0 Å². The first-order valence-electron chi connectivity index (χ1n) is 6.17. The zero-order valence-corrected chi connectivity index (χ0v) is 11.7. The van der Waals surface area contributed by atoms with E-state index in [4.69, 9.17) is 10.3 Å². The van der Waals surface area contributed by atoms with Crippen molar-refractivity contribution >= 4 is 6.09 Å². The summed E-state index contributed by atoms with van der Waals surface area (Å²) in [5.41, 5.74) is 7.76. The molecule has 1 amide bonds. The first kappa shape index (κ1) is 14.6. The van der Waals surface area contributed by atoms with Crippen molar-refractivity contribution < 1.29 is 9.53 Å². The molecule has 102 valence electrons. The van der Waals surface area contributed by atoms with Crippen LogP contribution in [-0.4, -0.2) is 24.3 Å². The summed E-state index contributed by atoms with van der Waals surface area (Å²) >= 11 is 0. The Morgan fingerprint density at radius 2 is 2.17 bits per heavy atom. The molecule has 0 aromatic carbocycles. The zero-order chi connectivity index (χ0) is 14.0. The van der Waals surface area contributed by atoms with E-state index in [1.165, 1.54) is 0 Å². The van der Waals surface area contributed by atoms with E-state index in [1.54, 1.807) is 0 Å². The van der Waals surface area contributed by atoms with Gasteiger partial charge in [0.25, 0.3) is 0 Å². The summed E-state index contributed by atoms with van der Waals surface area (Å²) in [5, 5.41) is 6.47. The van der Waals surface area contributed by atoms with E-state index in [9.17, 15) is 4.79 Å². The Balaban J connectivity index is 2.47. The highest BCUT2D eigenvalue weighted by molar-refractivity contribution is 5.68. The number of azide groups is 1. The molecule has 1 fully saturated rings. The molecule has 0 radical (unpaired) electrons. The van der Waals surface area contributed by atoms with Gasteiger partial charge in [0, 0.05) is 17.5 Å². The van der Waals surface area contributed by atoms with E-state index < -0.39 is 5.60 Å². The van der Waals surface area contributed by atoms with Crippen LogP contribution in [0.4, 0.5) is 4.79 Å². The van der Waals surface area contributed by atoms with Gasteiger partial charge in [-0.05, 0) is 44.1 Å². The number of alkyl carbamates (subject to hydrolysis) is 1. The maximum atomic E-state index is 11.7. The lowest BCUT2D eigenvalue weighted by Crippen LogP contribution is -2.59. The number of rotatable bonds is 3. The molecule has 6 nitrogen and oxygen atoms in total. The fraction of sp³-hybridized carbons (Fsp3) is 0.917. The molecule has 0 aliphatic heterocycles. The highest BCUT2D eigenvalue weighted by Crippen LogP contribution is 2.46. The predicted octanol–water partition coefficient (Wildman–Crippen LogP) is 3.24. The van der Waals surface area contributed by atoms with Gasteiger partial charge in [0.1, 0.15) is 5.60 Å². The van der Waals surface area contributed by atoms with Crippen LogP contribution in [0.3, 0.4) is 0 Å². The van der Waals surface area contributed by atoms with Crippen LogP contribution in [0, 0.1) is 11.3 Å². The van der Waals surface area contributed by atoms with Crippen LogP contribution in [-0.2, 0) is 4.74 Å². The van der Waals surface area contributed by atoms with Crippen LogP contribution >= 0.6 is 0 Å². The average molecular weight is 254 g/mol. The molecule has 0 aromatic rings. The Morgan fingerprint density at radius 3 is 2.61 bits per heavy atom. The molecular formula is C12H22N4O2. The van der Waals surface area contributed by atoms with Gasteiger partial charge in [-0.25, -0.2) is 4.79 Å². The number of nitrogens with one attached hydrogen (secondary N) is 1. The summed E-state index contributed by atoms with van der Waals surface area (Å²) in [4.78, 5) is 14.4. The Morgan fingerprint density at radius 1 is 1.56 bits per heavy atom. The molecule has 1 rings (SSSR count). The minimum Gasteiger partial charge on any atom is -0.444 e. The van der Waals surface area contributed by atoms with Crippen molar-refractivity contribution in [3.05, 3.63) is 10.4 Å². The standard InChI is InChI=1S/C12H22N4O2/c1-11(2,3)18-10(17)15-9-6-8(7-14-16-13)12(9,4)5/h8-9H,6-7H2,1-5H3,(H,15,17)/t8-,9-/m1/s1. The first-order chi connectivity index (χ1) is 8.16. The second-order valence-corrected chi connectivity index (χ2v) is 6.37. The third-order valence-electron chi connectivity index (χ3n) is 3.53. The quantitative estimate of drug-likeness (QED) is 0.476. The van der Waals surface area contributed by atoms with Gasteiger partial charge in [-0.2, -0.15) is 0 Å². The molecule has 2 atom stereocenters. The van der Waals surface area contributed by atoms with Crippen LogP contribution in [0.5, 0.6) is 0 Å². The molecule has 0 spiro atoms. The van der Waals surface area contributed by atoms with Crippen molar-refractivity contribution in [1.29, 1.82) is 0 Å². The molecule has 1 N–H and O–H groups in total. The third kappa shape index (κ3) is 3.53. The topological polar surface area (TPSA) is 87.1 Å². The Labute approximate surface area is 108 Å². The number of nitrogens with zero attached hydrogens (tertiary/aromatic N) is 3. The van der Waals surface area contributed by atoms with Crippen LogP contribution in [0.25, 0.3) is 10.4 Å². The molecule has 0 saturated heterocycles. The van der Waals surface area contributed by atoms with Gasteiger partial charge >= 0.3 is 6.09 Å².